The summed E-state index contributed by atoms with van der Waals surface area (Å²) in [5, 5.41) is 8.64. The minimum Gasteiger partial charge on any atom is -0.497 e. The Kier molecular flexibility index (Phi) is 4.97. The van der Waals surface area contributed by atoms with Gasteiger partial charge in [0.2, 0.25) is 0 Å². The molecule has 144 valence electrons. The Morgan fingerprint density at radius 2 is 1.93 bits per heavy atom. The number of hydrogen-bond donors (Lipinski definition) is 0. The fourth-order valence-corrected chi connectivity index (χ4v) is 3.63. The molecule has 1 unspecified atom stereocenters. The number of amides is 1. The zero-order chi connectivity index (χ0) is 19.5. The number of methoxy groups -OCH3 is 2. The van der Waals surface area contributed by atoms with Gasteiger partial charge in [0.1, 0.15) is 11.5 Å². The van der Waals surface area contributed by atoms with Crippen molar-refractivity contribution in [3.63, 3.8) is 0 Å². The SMILES string of the molecule is COc1ccc(OC)c(C2CCCN2C(=O)c2cnn(-c3ccccc3)n2)c1. The van der Waals surface area contributed by atoms with E-state index in [1.807, 2.05) is 53.4 Å². The predicted molar refractivity (Wildman–Crippen MR) is 104 cm³/mol. The number of carbonyl (C=O) groups excluding carboxylic acids is 1. The zero-order valence-electron chi connectivity index (χ0n) is 15.9. The summed E-state index contributed by atoms with van der Waals surface area (Å²) in [6, 6.07) is 15.1. The number of benzene rings is 2. The molecule has 0 aliphatic carbocycles. The number of ether oxygens (including phenoxy) is 2. The fraction of sp³-hybridized carbons (Fsp3) is 0.286. The Morgan fingerprint density at radius 1 is 1.11 bits per heavy atom. The molecule has 1 amide bonds. The summed E-state index contributed by atoms with van der Waals surface area (Å²) in [5.74, 6) is 1.36. The highest BCUT2D eigenvalue weighted by Crippen LogP contribution is 2.39. The second-order valence-corrected chi connectivity index (χ2v) is 6.62. The largest absolute Gasteiger partial charge is 0.497 e. The number of rotatable bonds is 5. The lowest BCUT2D eigenvalue weighted by Gasteiger charge is -2.26. The Balaban J connectivity index is 1.62. The highest BCUT2D eigenvalue weighted by molar-refractivity contribution is 5.92. The Bertz CT molecular complexity index is 971. The van der Waals surface area contributed by atoms with Gasteiger partial charge in [-0.05, 0) is 43.2 Å². The van der Waals surface area contributed by atoms with Crippen LogP contribution in [0.5, 0.6) is 11.5 Å². The van der Waals surface area contributed by atoms with E-state index in [0.29, 0.717) is 12.2 Å². The number of likely N-dealkylation sites (tertiary alicyclic amines) is 1. The van der Waals surface area contributed by atoms with E-state index in [2.05, 4.69) is 10.2 Å². The van der Waals surface area contributed by atoms with Gasteiger partial charge >= 0.3 is 0 Å². The Hall–Kier alpha value is -3.35. The van der Waals surface area contributed by atoms with Gasteiger partial charge in [-0.25, -0.2) is 0 Å². The van der Waals surface area contributed by atoms with Crippen molar-refractivity contribution < 1.29 is 14.3 Å². The van der Waals surface area contributed by atoms with Gasteiger partial charge in [0.25, 0.3) is 5.91 Å². The molecule has 2 heterocycles. The van der Waals surface area contributed by atoms with E-state index in [-0.39, 0.29) is 11.9 Å². The first kappa shape index (κ1) is 18.0. The van der Waals surface area contributed by atoms with Crippen LogP contribution in [-0.4, -0.2) is 46.6 Å². The van der Waals surface area contributed by atoms with Gasteiger partial charge in [-0.1, -0.05) is 18.2 Å². The lowest BCUT2D eigenvalue weighted by atomic mass is 10.0. The summed E-state index contributed by atoms with van der Waals surface area (Å²) in [4.78, 5) is 16.5. The first-order valence-corrected chi connectivity index (χ1v) is 9.22. The lowest BCUT2D eigenvalue weighted by molar-refractivity contribution is 0.0727. The number of para-hydroxylation sites is 1. The van der Waals surface area contributed by atoms with Crippen LogP contribution >= 0.6 is 0 Å². The average molecular weight is 378 g/mol. The van der Waals surface area contributed by atoms with E-state index < -0.39 is 0 Å². The van der Waals surface area contributed by atoms with Crippen LogP contribution in [0.1, 0.15) is 34.9 Å². The van der Waals surface area contributed by atoms with Crippen molar-refractivity contribution >= 4 is 5.91 Å². The van der Waals surface area contributed by atoms with E-state index in [9.17, 15) is 4.79 Å². The van der Waals surface area contributed by atoms with Crippen molar-refractivity contribution in [2.45, 2.75) is 18.9 Å². The average Bonchev–Trinajstić information content (AvgIpc) is 3.43. The van der Waals surface area contributed by atoms with Crippen LogP contribution in [0.3, 0.4) is 0 Å². The number of carbonyl (C=O) groups is 1. The molecular weight excluding hydrogens is 356 g/mol. The van der Waals surface area contributed by atoms with Crippen molar-refractivity contribution in [2.24, 2.45) is 0 Å². The molecule has 28 heavy (non-hydrogen) atoms. The van der Waals surface area contributed by atoms with E-state index >= 15 is 0 Å². The van der Waals surface area contributed by atoms with Crippen LogP contribution in [0.15, 0.2) is 54.7 Å². The maximum absolute atomic E-state index is 13.2. The molecular formula is C21H22N4O3. The lowest BCUT2D eigenvalue weighted by Crippen LogP contribution is -2.31. The highest BCUT2D eigenvalue weighted by Gasteiger charge is 2.34. The molecule has 1 saturated heterocycles. The van der Waals surface area contributed by atoms with Crippen LogP contribution in [-0.2, 0) is 0 Å². The van der Waals surface area contributed by atoms with E-state index in [0.717, 1.165) is 35.6 Å². The van der Waals surface area contributed by atoms with Gasteiger partial charge in [-0.2, -0.15) is 9.90 Å². The monoisotopic (exact) mass is 378 g/mol. The first-order valence-electron chi connectivity index (χ1n) is 9.22. The molecule has 1 aliphatic heterocycles. The highest BCUT2D eigenvalue weighted by atomic mass is 16.5. The van der Waals surface area contributed by atoms with Gasteiger partial charge in [0.15, 0.2) is 5.69 Å². The molecule has 1 atom stereocenters. The smallest absolute Gasteiger partial charge is 0.276 e. The molecule has 1 aromatic heterocycles. The third kappa shape index (κ3) is 3.31. The molecule has 0 bridgehead atoms. The topological polar surface area (TPSA) is 69.5 Å². The van der Waals surface area contributed by atoms with Gasteiger partial charge in [0, 0.05) is 12.1 Å². The van der Waals surface area contributed by atoms with E-state index in [4.69, 9.17) is 9.47 Å². The standard InChI is InChI=1S/C21H22N4O3/c1-27-16-10-11-20(28-2)17(13-16)19-9-6-12-24(19)21(26)18-14-22-25(23-18)15-7-4-3-5-8-15/h3-5,7-8,10-11,13-14,19H,6,9,12H2,1-2H3. The van der Waals surface area contributed by atoms with E-state index in [1.54, 1.807) is 14.2 Å². The van der Waals surface area contributed by atoms with Crippen molar-refractivity contribution in [3.8, 4) is 17.2 Å². The fourth-order valence-electron chi connectivity index (χ4n) is 3.63. The van der Waals surface area contributed by atoms with Crippen LogP contribution in [0.4, 0.5) is 0 Å². The van der Waals surface area contributed by atoms with Crippen LogP contribution < -0.4 is 9.47 Å². The quantitative estimate of drug-likeness (QED) is 0.682. The van der Waals surface area contributed by atoms with Crippen molar-refractivity contribution in [1.82, 2.24) is 19.9 Å². The second kappa shape index (κ2) is 7.72. The minimum absolute atomic E-state index is 0.0839. The summed E-state index contributed by atoms with van der Waals surface area (Å²) < 4.78 is 10.9. The molecule has 0 saturated carbocycles. The molecule has 1 aliphatic rings. The van der Waals surface area contributed by atoms with Gasteiger partial charge < -0.3 is 14.4 Å². The third-order valence-electron chi connectivity index (χ3n) is 5.01. The molecule has 0 spiro atoms. The second-order valence-electron chi connectivity index (χ2n) is 6.62. The molecule has 2 aromatic carbocycles. The maximum atomic E-state index is 13.2. The van der Waals surface area contributed by atoms with Crippen LogP contribution in [0, 0.1) is 0 Å². The number of aromatic nitrogens is 3. The van der Waals surface area contributed by atoms with Gasteiger partial charge in [0.05, 0.1) is 32.1 Å². The number of nitrogens with zero attached hydrogens (tertiary/aromatic N) is 4. The first-order chi connectivity index (χ1) is 13.7. The third-order valence-corrected chi connectivity index (χ3v) is 5.01. The zero-order valence-corrected chi connectivity index (χ0v) is 15.9. The maximum Gasteiger partial charge on any atom is 0.276 e. The minimum atomic E-state index is -0.130. The molecule has 1 fully saturated rings. The van der Waals surface area contributed by atoms with Crippen molar-refractivity contribution in [1.29, 1.82) is 0 Å². The van der Waals surface area contributed by atoms with Crippen LogP contribution in [0.25, 0.3) is 5.69 Å². The molecule has 0 radical (unpaired) electrons. The predicted octanol–water partition coefficient (Wildman–Crippen LogP) is 3.26. The summed E-state index contributed by atoms with van der Waals surface area (Å²) in [6.45, 7) is 0.669. The van der Waals surface area contributed by atoms with Crippen molar-refractivity contribution in [2.75, 3.05) is 20.8 Å². The molecule has 0 N–H and O–H groups in total. The molecule has 3 aromatic rings. The number of hydrogen-bond acceptors (Lipinski definition) is 5. The molecule has 7 nitrogen and oxygen atoms in total. The summed E-state index contributed by atoms with van der Waals surface area (Å²) in [6.07, 6.45) is 3.30. The summed E-state index contributed by atoms with van der Waals surface area (Å²) in [7, 11) is 3.27. The van der Waals surface area contributed by atoms with E-state index in [1.165, 1.54) is 11.0 Å². The normalized spacial score (nSPS) is 16.2. The van der Waals surface area contributed by atoms with Gasteiger partial charge in [-0.15, -0.1) is 5.10 Å². The van der Waals surface area contributed by atoms with Gasteiger partial charge in [-0.3, -0.25) is 4.79 Å². The van der Waals surface area contributed by atoms with Crippen molar-refractivity contribution in [3.05, 3.63) is 66.0 Å². The molecule has 7 heteroatoms. The summed E-state index contributed by atoms with van der Waals surface area (Å²) in [5.41, 5.74) is 2.09. The van der Waals surface area contributed by atoms with Crippen LogP contribution in [0.2, 0.25) is 0 Å². The Morgan fingerprint density at radius 3 is 2.68 bits per heavy atom. The Labute approximate surface area is 163 Å². The molecule has 4 rings (SSSR count). The summed E-state index contributed by atoms with van der Waals surface area (Å²) >= 11 is 0.